The molecule has 140 valence electrons. The summed E-state index contributed by atoms with van der Waals surface area (Å²) in [7, 11) is 1.76. The van der Waals surface area contributed by atoms with Gasteiger partial charge in [0.2, 0.25) is 0 Å². The quantitative estimate of drug-likeness (QED) is 0.617. The number of aromatic nitrogens is 3. The highest BCUT2D eigenvalue weighted by molar-refractivity contribution is 7.99. The number of halogens is 1. The maximum Gasteiger partial charge on any atom is 0.284 e. The van der Waals surface area contributed by atoms with Crippen molar-refractivity contribution in [1.82, 2.24) is 25.0 Å². The lowest BCUT2D eigenvalue weighted by molar-refractivity contribution is -0.387. The van der Waals surface area contributed by atoms with Crippen LogP contribution in [0.4, 0.5) is 5.69 Å². The van der Waals surface area contributed by atoms with Crippen molar-refractivity contribution in [2.75, 3.05) is 19.6 Å². The SMILES string of the molecule is C[C@H]1CNCCN1C(=O)c1ccc(Sc2nncn2C)c([N+](=O)[O-])c1.Cl. The predicted molar refractivity (Wildman–Crippen MR) is 98.8 cm³/mol. The molecule has 1 N–H and O–H groups in total. The van der Waals surface area contributed by atoms with Gasteiger partial charge in [0.1, 0.15) is 6.33 Å². The van der Waals surface area contributed by atoms with Crippen LogP contribution in [0.2, 0.25) is 0 Å². The van der Waals surface area contributed by atoms with Crippen molar-refractivity contribution >= 4 is 35.8 Å². The lowest BCUT2D eigenvalue weighted by Crippen LogP contribution is -2.52. The van der Waals surface area contributed by atoms with Gasteiger partial charge in [0.25, 0.3) is 11.6 Å². The van der Waals surface area contributed by atoms with E-state index in [4.69, 9.17) is 0 Å². The third-order valence-corrected chi connectivity index (χ3v) is 5.15. The molecule has 1 amide bonds. The molecule has 1 fully saturated rings. The van der Waals surface area contributed by atoms with Crippen molar-refractivity contribution in [3.63, 3.8) is 0 Å². The van der Waals surface area contributed by atoms with Crippen molar-refractivity contribution in [3.8, 4) is 0 Å². The minimum Gasteiger partial charge on any atom is -0.333 e. The van der Waals surface area contributed by atoms with E-state index < -0.39 is 4.92 Å². The summed E-state index contributed by atoms with van der Waals surface area (Å²) >= 11 is 1.15. The number of nitrogens with zero attached hydrogens (tertiary/aromatic N) is 5. The minimum atomic E-state index is -0.476. The predicted octanol–water partition coefficient (Wildman–Crippen LogP) is 1.73. The number of hydrogen-bond acceptors (Lipinski definition) is 7. The van der Waals surface area contributed by atoms with Gasteiger partial charge in [-0.15, -0.1) is 22.6 Å². The smallest absolute Gasteiger partial charge is 0.284 e. The van der Waals surface area contributed by atoms with Gasteiger partial charge in [-0.25, -0.2) is 0 Å². The van der Waals surface area contributed by atoms with Crippen LogP contribution in [-0.4, -0.2) is 56.2 Å². The van der Waals surface area contributed by atoms with Crippen molar-refractivity contribution < 1.29 is 9.72 Å². The molecule has 1 saturated heterocycles. The molecule has 0 spiro atoms. The molecule has 2 heterocycles. The highest BCUT2D eigenvalue weighted by Gasteiger charge is 2.26. The van der Waals surface area contributed by atoms with Crippen molar-refractivity contribution in [2.24, 2.45) is 7.05 Å². The van der Waals surface area contributed by atoms with Crippen LogP contribution >= 0.6 is 24.2 Å². The minimum absolute atomic E-state index is 0. The molecular formula is C15H19ClN6O3S. The molecule has 0 unspecified atom stereocenters. The summed E-state index contributed by atoms with van der Waals surface area (Å²) in [6.45, 7) is 3.98. The summed E-state index contributed by atoms with van der Waals surface area (Å²) in [5.74, 6) is -0.188. The first-order chi connectivity index (χ1) is 12.0. The summed E-state index contributed by atoms with van der Waals surface area (Å²) in [4.78, 5) is 25.9. The second-order valence-corrected chi connectivity index (χ2v) is 6.83. The maximum absolute atomic E-state index is 12.7. The van der Waals surface area contributed by atoms with Gasteiger partial charge in [-0.1, -0.05) is 0 Å². The Labute approximate surface area is 160 Å². The molecule has 0 bridgehead atoms. The fourth-order valence-corrected chi connectivity index (χ4v) is 3.50. The molecule has 3 rings (SSSR count). The molecule has 11 heteroatoms. The second kappa shape index (κ2) is 8.47. The average Bonchev–Trinajstić information content (AvgIpc) is 3.00. The summed E-state index contributed by atoms with van der Waals surface area (Å²) in [5, 5.41) is 22.9. The molecule has 26 heavy (non-hydrogen) atoms. The molecule has 2 aromatic rings. The Kier molecular flexibility index (Phi) is 6.57. The summed E-state index contributed by atoms with van der Waals surface area (Å²) in [5.41, 5.74) is 0.212. The second-order valence-electron chi connectivity index (χ2n) is 5.82. The van der Waals surface area contributed by atoms with Gasteiger partial charge in [0.05, 0.1) is 9.82 Å². The van der Waals surface area contributed by atoms with Crippen LogP contribution in [-0.2, 0) is 7.05 Å². The molecule has 1 aromatic carbocycles. The fraction of sp³-hybridized carbons (Fsp3) is 0.400. The molecule has 0 aliphatic carbocycles. The Morgan fingerprint density at radius 3 is 2.85 bits per heavy atom. The van der Waals surface area contributed by atoms with Crippen LogP contribution in [0.1, 0.15) is 17.3 Å². The van der Waals surface area contributed by atoms with Gasteiger partial charge in [0, 0.05) is 44.4 Å². The number of nitro benzene ring substituents is 1. The molecule has 1 atom stereocenters. The largest absolute Gasteiger partial charge is 0.333 e. The van der Waals surface area contributed by atoms with Crippen molar-refractivity contribution in [1.29, 1.82) is 0 Å². The monoisotopic (exact) mass is 398 g/mol. The van der Waals surface area contributed by atoms with Crippen molar-refractivity contribution in [3.05, 3.63) is 40.2 Å². The number of amides is 1. The van der Waals surface area contributed by atoms with E-state index in [2.05, 4.69) is 15.5 Å². The number of carbonyl (C=O) groups excluding carboxylic acids is 1. The number of carbonyl (C=O) groups is 1. The Morgan fingerprint density at radius 1 is 1.46 bits per heavy atom. The van der Waals surface area contributed by atoms with Crippen LogP contribution in [0.25, 0.3) is 0 Å². The van der Waals surface area contributed by atoms with E-state index in [1.54, 1.807) is 28.6 Å². The number of aryl methyl sites for hydroxylation is 1. The molecule has 0 saturated carbocycles. The Hall–Kier alpha value is -2.17. The summed E-state index contributed by atoms with van der Waals surface area (Å²) in [6, 6.07) is 4.61. The number of rotatable bonds is 4. The zero-order chi connectivity index (χ0) is 18.0. The van der Waals surface area contributed by atoms with Gasteiger partial charge in [-0.2, -0.15) is 0 Å². The fourth-order valence-electron chi connectivity index (χ4n) is 2.65. The first kappa shape index (κ1) is 20.1. The maximum atomic E-state index is 12.7. The number of piperazine rings is 1. The molecular weight excluding hydrogens is 380 g/mol. The van der Waals surface area contributed by atoms with E-state index in [-0.39, 0.29) is 30.0 Å². The third kappa shape index (κ3) is 4.14. The molecule has 1 aromatic heterocycles. The van der Waals surface area contributed by atoms with Crippen LogP contribution in [0, 0.1) is 10.1 Å². The van der Waals surface area contributed by atoms with Crippen LogP contribution in [0.5, 0.6) is 0 Å². The molecule has 1 aliphatic heterocycles. The van der Waals surface area contributed by atoms with E-state index in [0.29, 0.717) is 28.7 Å². The number of benzene rings is 1. The molecule has 0 radical (unpaired) electrons. The van der Waals surface area contributed by atoms with E-state index in [0.717, 1.165) is 18.3 Å². The van der Waals surface area contributed by atoms with Gasteiger partial charge in [0.15, 0.2) is 5.16 Å². The highest BCUT2D eigenvalue weighted by atomic mass is 35.5. The van der Waals surface area contributed by atoms with E-state index in [1.165, 1.54) is 12.4 Å². The number of nitrogens with one attached hydrogen (secondary N) is 1. The Morgan fingerprint density at radius 2 is 2.23 bits per heavy atom. The third-order valence-electron chi connectivity index (χ3n) is 4.04. The summed E-state index contributed by atoms with van der Waals surface area (Å²) < 4.78 is 1.68. The van der Waals surface area contributed by atoms with Gasteiger partial charge in [-0.3, -0.25) is 14.9 Å². The zero-order valence-electron chi connectivity index (χ0n) is 14.3. The van der Waals surface area contributed by atoms with Crippen LogP contribution in [0.3, 0.4) is 0 Å². The first-order valence-corrected chi connectivity index (χ1v) is 8.61. The lowest BCUT2D eigenvalue weighted by Gasteiger charge is -2.34. The van der Waals surface area contributed by atoms with E-state index in [1.807, 2.05) is 6.92 Å². The van der Waals surface area contributed by atoms with Crippen molar-refractivity contribution in [2.45, 2.75) is 23.0 Å². The van der Waals surface area contributed by atoms with E-state index >= 15 is 0 Å². The molecule has 9 nitrogen and oxygen atoms in total. The lowest BCUT2D eigenvalue weighted by atomic mass is 10.1. The number of hydrogen-bond donors (Lipinski definition) is 1. The Balaban J connectivity index is 0.00000243. The Bertz CT molecular complexity index is 814. The average molecular weight is 399 g/mol. The standard InChI is InChI=1S/C15H18N6O3S.ClH/c1-10-8-16-5-6-20(10)14(22)11-3-4-13(12(7-11)21(23)24)25-15-18-17-9-19(15)2;/h3-4,7,9-10,16H,5-6,8H2,1-2H3;1H/t10-;/m0./s1. The van der Waals surface area contributed by atoms with Crippen LogP contribution < -0.4 is 5.32 Å². The normalized spacial score (nSPS) is 16.8. The first-order valence-electron chi connectivity index (χ1n) is 7.79. The zero-order valence-corrected chi connectivity index (χ0v) is 15.9. The van der Waals surface area contributed by atoms with Crippen LogP contribution in [0.15, 0.2) is 34.6 Å². The van der Waals surface area contributed by atoms with Gasteiger partial charge >= 0.3 is 0 Å². The highest BCUT2D eigenvalue weighted by Crippen LogP contribution is 2.34. The van der Waals surface area contributed by atoms with Gasteiger partial charge < -0.3 is 14.8 Å². The van der Waals surface area contributed by atoms with E-state index in [9.17, 15) is 14.9 Å². The topological polar surface area (TPSA) is 106 Å². The summed E-state index contributed by atoms with van der Waals surface area (Å²) in [6.07, 6.45) is 1.53. The molecule has 1 aliphatic rings. The van der Waals surface area contributed by atoms with Gasteiger partial charge in [-0.05, 0) is 30.8 Å². The number of nitro groups is 1.